The number of thioether (sulfide) groups is 1. The summed E-state index contributed by atoms with van der Waals surface area (Å²) >= 11 is 7.90. The fourth-order valence-corrected chi connectivity index (χ4v) is 2.28. The predicted octanol–water partition coefficient (Wildman–Crippen LogP) is 5.03. The number of hydrogen-bond acceptors (Lipinski definition) is 4. The van der Waals surface area contributed by atoms with Gasteiger partial charge < -0.3 is 5.32 Å². The van der Waals surface area contributed by atoms with Gasteiger partial charge >= 0.3 is 0 Å². The molecular formula is C15H18ClN3S. The van der Waals surface area contributed by atoms with Crippen LogP contribution in [0, 0.1) is 6.92 Å². The van der Waals surface area contributed by atoms with Crippen LogP contribution in [0.25, 0.3) is 0 Å². The molecule has 106 valence electrons. The van der Waals surface area contributed by atoms with E-state index < -0.39 is 0 Å². The van der Waals surface area contributed by atoms with Crippen molar-refractivity contribution in [3.05, 3.63) is 40.8 Å². The Morgan fingerprint density at radius 3 is 2.35 bits per heavy atom. The Hall–Kier alpha value is -1.26. The van der Waals surface area contributed by atoms with Crippen molar-refractivity contribution in [2.24, 2.45) is 0 Å². The van der Waals surface area contributed by atoms with Crippen LogP contribution in [0.15, 0.2) is 29.2 Å². The van der Waals surface area contributed by atoms with Crippen LogP contribution < -0.4 is 5.32 Å². The normalized spacial score (nSPS) is 10.9. The SMILES string of the molecule is CSc1ccc(Nc2nc(C(C)C)nc(Cl)c2C)cc1. The molecule has 20 heavy (non-hydrogen) atoms. The lowest BCUT2D eigenvalue weighted by molar-refractivity contribution is 0.773. The van der Waals surface area contributed by atoms with Crippen LogP contribution in [0.5, 0.6) is 0 Å². The standard InChI is InChI=1S/C15H18ClN3S/c1-9(2)14-18-13(16)10(3)15(19-14)17-11-5-7-12(20-4)8-6-11/h5-9H,1-4H3,(H,17,18,19). The van der Waals surface area contributed by atoms with E-state index in [9.17, 15) is 0 Å². The minimum Gasteiger partial charge on any atom is -0.340 e. The monoisotopic (exact) mass is 307 g/mol. The third-order valence-electron chi connectivity index (χ3n) is 2.97. The van der Waals surface area contributed by atoms with E-state index in [1.807, 2.05) is 19.1 Å². The van der Waals surface area contributed by atoms with Gasteiger partial charge in [0.1, 0.15) is 16.8 Å². The number of nitrogens with one attached hydrogen (secondary N) is 1. The average Bonchev–Trinajstić information content (AvgIpc) is 2.44. The van der Waals surface area contributed by atoms with Gasteiger partial charge in [0, 0.05) is 22.1 Å². The van der Waals surface area contributed by atoms with Crippen molar-refractivity contribution >= 4 is 34.9 Å². The summed E-state index contributed by atoms with van der Waals surface area (Å²) in [7, 11) is 0. The highest BCUT2D eigenvalue weighted by Crippen LogP contribution is 2.26. The lowest BCUT2D eigenvalue weighted by Crippen LogP contribution is -2.05. The molecule has 0 fully saturated rings. The number of nitrogens with zero attached hydrogens (tertiary/aromatic N) is 2. The van der Waals surface area contributed by atoms with Gasteiger partial charge in [-0.25, -0.2) is 9.97 Å². The third-order valence-corrected chi connectivity index (χ3v) is 4.08. The lowest BCUT2D eigenvalue weighted by Gasteiger charge is -2.13. The highest BCUT2D eigenvalue weighted by atomic mass is 35.5. The molecule has 5 heteroatoms. The summed E-state index contributed by atoms with van der Waals surface area (Å²) in [6.07, 6.45) is 2.06. The van der Waals surface area contributed by atoms with Crippen molar-refractivity contribution in [1.29, 1.82) is 0 Å². The predicted molar refractivity (Wildman–Crippen MR) is 87.4 cm³/mol. The minimum absolute atomic E-state index is 0.243. The molecule has 0 unspecified atom stereocenters. The van der Waals surface area contributed by atoms with Gasteiger partial charge in [0.25, 0.3) is 0 Å². The van der Waals surface area contributed by atoms with Crippen LogP contribution in [-0.4, -0.2) is 16.2 Å². The summed E-state index contributed by atoms with van der Waals surface area (Å²) in [5, 5.41) is 3.82. The van der Waals surface area contributed by atoms with Gasteiger partial charge in [-0.3, -0.25) is 0 Å². The van der Waals surface area contributed by atoms with E-state index in [0.29, 0.717) is 5.15 Å². The zero-order valence-electron chi connectivity index (χ0n) is 12.1. The first-order chi connectivity index (χ1) is 9.51. The van der Waals surface area contributed by atoms with E-state index >= 15 is 0 Å². The number of benzene rings is 1. The van der Waals surface area contributed by atoms with Crippen LogP contribution in [-0.2, 0) is 0 Å². The first kappa shape index (κ1) is 15.1. The van der Waals surface area contributed by atoms with Crippen LogP contribution >= 0.6 is 23.4 Å². The summed E-state index contributed by atoms with van der Waals surface area (Å²) in [5.41, 5.74) is 1.86. The van der Waals surface area contributed by atoms with E-state index in [2.05, 4.69) is 47.5 Å². The van der Waals surface area contributed by atoms with Gasteiger partial charge in [-0.1, -0.05) is 25.4 Å². The topological polar surface area (TPSA) is 37.8 Å². The number of rotatable bonds is 4. The highest BCUT2D eigenvalue weighted by molar-refractivity contribution is 7.98. The van der Waals surface area contributed by atoms with Gasteiger partial charge in [-0.05, 0) is 37.4 Å². The summed E-state index contributed by atoms with van der Waals surface area (Å²) in [5.74, 6) is 1.77. The Morgan fingerprint density at radius 1 is 1.15 bits per heavy atom. The Bertz CT molecular complexity index is 597. The molecule has 1 heterocycles. The van der Waals surface area contributed by atoms with Crippen LogP contribution in [0.2, 0.25) is 5.15 Å². The summed E-state index contributed by atoms with van der Waals surface area (Å²) in [6, 6.07) is 8.23. The summed E-state index contributed by atoms with van der Waals surface area (Å²) in [6.45, 7) is 6.03. The molecule has 0 aliphatic carbocycles. The first-order valence-corrected chi connectivity index (χ1v) is 8.06. The molecule has 0 amide bonds. The zero-order valence-corrected chi connectivity index (χ0v) is 13.6. The lowest BCUT2D eigenvalue weighted by atomic mass is 10.2. The molecule has 2 aromatic rings. The fraction of sp³-hybridized carbons (Fsp3) is 0.333. The molecule has 0 aliphatic heterocycles. The Morgan fingerprint density at radius 2 is 1.80 bits per heavy atom. The molecular weight excluding hydrogens is 290 g/mol. The zero-order chi connectivity index (χ0) is 14.7. The van der Waals surface area contributed by atoms with E-state index in [4.69, 9.17) is 11.6 Å². The van der Waals surface area contributed by atoms with Crippen molar-refractivity contribution in [3.63, 3.8) is 0 Å². The third kappa shape index (κ3) is 3.44. The van der Waals surface area contributed by atoms with Crippen LogP contribution in [0.4, 0.5) is 11.5 Å². The smallest absolute Gasteiger partial charge is 0.138 e. The number of anilines is 2. The molecule has 0 bridgehead atoms. The van der Waals surface area contributed by atoms with Crippen molar-refractivity contribution < 1.29 is 0 Å². The maximum Gasteiger partial charge on any atom is 0.138 e. The molecule has 1 aromatic heterocycles. The minimum atomic E-state index is 0.243. The van der Waals surface area contributed by atoms with Crippen molar-refractivity contribution in [1.82, 2.24) is 9.97 Å². The van der Waals surface area contributed by atoms with E-state index in [0.717, 1.165) is 22.9 Å². The quantitative estimate of drug-likeness (QED) is 0.635. The van der Waals surface area contributed by atoms with Crippen molar-refractivity contribution in [2.75, 3.05) is 11.6 Å². The molecule has 0 aliphatic rings. The van der Waals surface area contributed by atoms with Gasteiger partial charge in [0.2, 0.25) is 0 Å². The Kier molecular flexibility index (Phi) is 4.89. The number of hydrogen-bond donors (Lipinski definition) is 1. The second kappa shape index (κ2) is 6.46. The van der Waals surface area contributed by atoms with Crippen molar-refractivity contribution in [2.45, 2.75) is 31.6 Å². The van der Waals surface area contributed by atoms with Crippen LogP contribution in [0.3, 0.4) is 0 Å². The molecule has 0 saturated heterocycles. The number of aromatic nitrogens is 2. The molecule has 0 spiro atoms. The van der Waals surface area contributed by atoms with E-state index in [-0.39, 0.29) is 5.92 Å². The van der Waals surface area contributed by atoms with E-state index in [1.54, 1.807) is 11.8 Å². The second-order valence-corrected chi connectivity index (χ2v) is 6.09. The maximum absolute atomic E-state index is 6.18. The van der Waals surface area contributed by atoms with Gasteiger partial charge in [-0.2, -0.15) is 0 Å². The molecule has 0 saturated carbocycles. The first-order valence-electron chi connectivity index (χ1n) is 6.46. The highest BCUT2D eigenvalue weighted by Gasteiger charge is 2.11. The molecule has 0 radical (unpaired) electrons. The van der Waals surface area contributed by atoms with Gasteiger partial charge in [0.15, 0.2) is 0 Å². The van der Waals surface area contributed by atoms with Crippen LogP contribution in [0.1, 0.15) is 31.2 Å². The molecule has 3 nitrogen and oxygen atoms in total. The average molecular weight is 308 g/mol. The number of halogens is 1. The fourth-order valence-electron chi connectivity index (χ4n) is 1.70. The van der Waals surface area contributed by atoms with E-state index in [1.165, 1.54) is 4.90 Å². The molecule has 1 N–H and O–H groups in total. The second-order valence-electron chi connectivity index (χ2n) is 4.85. The molecule has 2 rings (SSSR count). The van der Waals surface area contributed by atoms with Crippen molar-refractivity contribution in [3.8, 4) is 0 Å². The summed E-state index contributed by atoms with van der Waals surface area (Å²) in [4.78, 5) is 10.1. The van der Waals surface area contributed by atoms with Gasteiger partial charge in [-0.15, -0.1) is 11.8 Å². The maximum atomic E-state index is 6.18. The molecule has 1 aromatic carbocycles. The summed E-state index contributed by atoms with van der Waals surface area (Å²) < 4.78 is 0. The largest absolute Gasteiger partial charge is 0.340 e. The Labute approximate surface area is 129 Å². The van der Waals surface area contributed by atoms with Gasteiger partial charge in [0.05, 0.1) is 0 Å². The molecule has 0 atom stereocenters. The Balaban J connectivity index is 2.31.